The van der Waals surface area contributed by atoms with Gasteiger partial charge in [0.1, 0.15) is 6.10 Å². The number of carbonyl (C=O) groups excluding carboxylic acids is 1. The van der Waals surface area contributed by atoms with E-state index in [2.05, 4.69) is 0 Å². The van der Waals surface area contributed by atoms with Crippen LogP contribution in [0.1, 0.15) is 32.6 Å². The molecule has 76 valence electrons. The standard InChI is InChI=1S/C9H16O4/c1-6(10)13-8-4-2-7(3-5-8)9(11)12/h7-9,11-12H,2-5H2,1H3. The van der Waals surface area contributed by atoms with Gasteiger partial charge in [-0.05, 0) is 25.7 Å². The maximum Gasteiger partial charge on any atom is 0.302 e. The molecule has 1 aliphatic carbocycles. The number of esters is 1. The number of ether oxygens (including phenoxy) is 1. The molecule has 1 rings (SSSR count). The Balaban J connectivity index is 2.26. The van der Waals surface area contributed by atoms with Crippen LogP contribution < -0.4 is 0 Å². The van der Waals surface area contributed by atoms with Crippen LogP contribution in [0.3, 0.4) is 0 Å². The van der Waals surface area contributed by atoms with Gasteiger partial charge in [0.25, 0.3) is 0 Å². The molecule has 0 aromatic carbocycles. The molecule has 0 atom stereocenters. The van der Waals surface area contributed by atoms with Crippen LogP contribution in [-0.4, -0.2) is 28.6 Å². The fourth-order valence-electron chi connectivity index (χ4n) is 1.74. The molecule has 1 saturated carbocycles. The highest BCUT2D eigenvalue weighted by Gasteiger charge is 2.26. The lowest BCUT2D eigenvalue weighted by Crippen LogP contribution is -2.29. The van der Waals surface area contributed by atoms with Crippen molar-refractivity contribution in [2.75, 3.05) is 0 Å². The summed E-state index contributed by atoms with van der Waals surface area (Å²) in [5, 5.41) is 17.8. The second-order valence-corrected chi connectivity index (χ2v) is 3.56. The second-order valence-electron chi connectivity index (χ2n) is 3.56. The predicted octanol–water partition coefficient (Wildman–Crippen LogP) is 0.419. The van der Waals surface area contributed by atoms with E-state index >= 15 is 0 Å². The zero-order valence-corrected chi connectivity index (χ0v) is 7.77. The van der Waals surface area contributed by atoms with E-state index in [1.54, 1.807) is 0 Å². The Hall–Kier alpha value is -0.610. The summed E-state index contributed by atoms with van der Waals surface area (Å²) in [6, 6.07) is 0. The van der Waals surface area contributed by atoms with Crippen molar-refractivity contribution >= 4 is 5.97 Å². The minimum absolute atomic E-state index is 0.0208. The Morgan fingerprint density at radius 3 is 2.23 bits per heavy atom. The highest BCUT2D eigenvalue weighted by Crippen LogP contribution is 2.27. The molecule has 0 spiro atoms. The first-order chi connectivity index (χ1) is 6.09. The minimum atomic E-state index is -1.22. The molecule has 0 aromatic rings. The fraction of sp³-hybridized carbons (Fsp3) is 0.889. The first-order valence-electron chi connectivity index (χ1n) is 4.63. The van der Waals surface area contributed by atoms with Crippen molar-refractivity contribution in [2.45, 2.75) is 45.0 Å². The van der Waals surface area contributed by atoms with E-state index in [4.69, 9.17) is 14.9 Å². The minimum Gasteiger partial charge on any atom is -0.463 e. The zero-order valence-electron chi connectivity index (χ0n) is 7.77. The second kappa shape index (κ2) is 4.58. The summed E-state index contributed by atoms with van der Waals surface area (Å²) in [4.78, 5) is 10.6. The number of rotatable bonds is 2. The van der Waals surface area contributed by atoms with Crippen LogP contribution >= 0.6 is 0 Å². The van der Waals surface area contributed by atoms with Gasteiger partial charge in [0, 0.05) is 12.8 Å². The van der Waals surface area contributed by atoms with Crippen LogP contribution in [-0.2, 0) is 9.53 Å². The van der Waals surface area contributed by atoms with E-state index in [9.17, 15) is 4.79 Å². The third-order valence-corrected chi connectivity index (χ3v) is 2.47. The van der Waals surface area contributed by atoms with E-state index in [-0.39, 0.29) is 18.0 Å². The van der Waals surface area contributed by atoms with Crippen LogP contribution in [0.2, 0.25) is 0 Å². The Morgan fingerprint density at radius 2 is 1.85 bits per heavy atom. The van der Waals surface area contributed by atoms with Crippen LogP contribution in [0.4, 0.5) is 0 Å². The molecule has 1 fully saturated rings. The molecule has 0 heterocycles. The third-order valence-electron chi connectivity index (χ3n) is 2.47. The number of hydrogen-bond donors (Lipinski definition) is 2. The quantitative estimate of drug-likeness (QED) is 0.487. The maximum absolute atomic E-state index is 10.6. The summed E-state index contributed by atoms with van der Waals surface area (Å²) < 4.78 is 5.02. The Labute approximate surface area is 77.5 Å². The van der Waals surface area contributed by atoms with Crippen molar-refractivity contribution in [3.63, 3.8) is 0 Å². The zero-order chi connectivity index (χ0) is 9.84. The molecule has 2 N–H and O–H groups in total. The summed E-state index contributed by atoms with van der Waals surface area (Å²) in [6.07, 6.45) is 1.67. The van der Waals surface area contributed by atoms with E-state index in [0.29, 0.717) is 0 Å². The average Bonchev–Trinajstić information content (AvgIpc) is 2.04. The highest BCUT2D eigenvalue weighted by molar-refractivity contribution is 5.66. The summed E-state index contributed by atoms with van der Waals surface area (Å²) >= 11 is 0. The average molecular weight is 188 g/mol. The molecule has 0 aromatic heterocycles. The molecule has 4 heteroatoms. The normalized spacial score (nSPS) is 28.9. The van der Waals surface area contributed by atoms with E-state index in [1.807, 2.05) is 0 Å². The van der Waals surface area contributed by atoms with Crippen molar-refractivity contribution in [2.24, 2.45) is 5.92 Å². The van der Waals surface area contributed by atoms with Crippen molar-refractivity contribution in [3.8, 4) is 0 Å². The number of hydrogen-bond acceptors (Lipinski definition) is 4. The first-order valence-corrected chi connectivity index (χ1v) is 4.63. The molecule has 1 aliphatic rings. The third kappa shape index (κ3) is 3.32. The van der Waals surface area contributed by atoms with Crippen molar-refractivity contribution in [1.29, 1.82) is 0 Å². The summed E-state index contributed by atoms with van der Waals surface area (Å²) in [5.41, 5.74) is 0. The van der Waals surface area contributed by atoms with Crippen molar-refractivity contribution < 1.29 is 19.7 Å². The number of carbonyl (C=O) groups is 1. The lowest BCUT2D eigenvalue weighted by atomic mass is 9.87. The largest absolute Gasteiger partial charge is 0.463 e. The van der Waals surface area contributed by atoms with E-state index in [1.165, 1.54) is 6.92 Å². The molecule has 4 nitrogen and oxygen atoms in total. The molecular formula is C9H16O4. The van der Waals surface area contributed by atoms with Crippen LogP contribution in [0.15, 0.2) is 0 Å². The monoisotopic (exact) mass is 188 g/mol. The van der Waals surface area contributed by atoms with Gasteiger partial charge in [0.05, 0.1) is 0 Å². The van der Waals surface area contributed by atoms with Gasteiger partial charge in [-0.1, -0.05) is 0 Å². The van der Waals surface area contributed by atoms with Gasteiger partial charge in [-0.2, -0.15) is 0 Å². The molecule has 0 radical (unpaired) electrons. The maximum atomic E-state index is 10.6. The summed E-state index contributed by atoms with van der Waals surface area (Å²) in [5.74, 6) is -0.306. The molecule has 0 bridgehead atoms. The van der Waals surface area contributed by atoms with Gasteiger partial charge >= 0.3 is 5.97 Å². The predicted molar refractivity (Wildman–Crippen MR) is 45.7 cm³/mol. The van der Waals surface area contributed by atoms with E-state index < -0.39 is 6.29 Å². The number of aliphatic hydroxyl groups excluding tert-OH is 1. The van der Waals surface area contributed by atoms with Crippen molar-refractivity contribution in [1.82, 2.24) is 0 Å². The van der Waals surface area contributed by atoms with Gasteiger partial charge in [0.15, 0.2) is 6.29 Å². The Bertz CT molecular complexity index is 170. The van der Waals surface area contributed by atoms with Gasteiger partial charge in [-0.15, -0.1) is 0 Å². The van der Waals surface area contributed by atoms with Crippen molar-refractivity contribution in [3.05, 3.63) is 0 Å². The topological polar surface area (TPSA) is 66.8 Å². The smallest absolute Gasteiger partial charge is 0.302 e. The van der Waals surface area contributed by atoms with Gasteiger partial charge in [-0.25, -0.2) is 0 Å². The number of aliphatic hydroxyl groups is 2. The summed E-state index contributed by atoms with van der Waals surface area (Å²) in [7, 11) is 0. The molecular weight excluding hydrogens is 172 g/mol. The van der Waals surface area contributed by atoms with E-state index in [0.717, 1.165) is 25.7 Å². The lowest BCUT2D eigenvalue weighted by Gasteiger charge is -2.28. The molecule has 0 saturated heterocycles. The van der Waals surface area contributed by atoms with Crippen LogP contribution in [0.25, 0.3) is 0 Å². The molecule has 0 amide bonds. The molecule has 13 heavy (non-hydrogen) atoms. The van der Waals surface area contributed by atoms with Gasteiger partial charge < -0.3 is 14.9 Å². The Morgan fingerprint density at radius 1 is 1.31 bits per heavy atom. The SMILES string of the molecule is CC(=O)OC1CCC(C(O)O)CC1. The fourth-order valence-corrected chi connectivity index (χ4v) is 1.74. The van der Waals surface area contributed by atoms with Crippen LogP contribution in [0.5, 0.6) is 0 Å². The first kappa shape index (κ1) is 10.5. The molecule has 0 unspecified atom stereocenters. The lowest BCUT2D eigenvalue weighted by molar-refractivity contribution is -0.150. The highest BCUT2D eigenvalue weighted by atomic mass is 16.5. The summed E-state index contributed by atoms with van der Waals surface area (Å²) in [6.45, 7) is 1.40. The Kier molecular flexibility index (Phi) is 3.69. The van der Waals surface area contributed by atoms with Gasteiger partial charge in [0.2, 0.25) is 0 Å². The molecule has 0 aliphatic heterocycles. The van der Waals surface area contributed by atoms with Gasteiger partial charge in [-0.3, -0.25) is 4.79 Å². The van der Waals surface area contributed by atoms with Crippen LogP contribution in [0, 0.1) is 5.92 Å².